The molecule has 1 aliphatic heterocycles. The fourth-order valence-electron chi connectivity index (χ4n) is 5.86. The fourth-order valence-corrected chi connectivity index (χ4v) is 5.86. The second kappa shape index (κ2) is 10.1. The Balaban J connectivity index is 1.33. The molecule has 1 saturated carbocycles. The number of aliphatic hydroxyl groups is 1. The van der Waals surface area contributed by atoms with Crippen LogP contribution in [0.2, 0.25) is 0 Å². The van der Waals surface area contributed by atoms with E-state index in [4.69, 9.17) is 4.74 Å². The first-order valence-corrected chi connectivity index (χ1v) is 13.6. The Morgan fingerprint density at radius 2 is 1.77 bits per heavy atom. The number of carbonyl (C=O) groups excluding carboxylic acids is 2. The highest BCUT2D eigenvalue weighted by Gasteiger charge is 2.52. The van der Waals surface area contributed by atoms with Crippen LogP contribution in [0.1, 0.15) is 69.3 Å². The molecule has 2 amide bonds. The number of aromatic nitrogens is 1. The van der Waals surface area contributed by atoms with Crippen LogP contribution in [0, 0.1) is 0 Å². The summed E-state index contributed by atoms with van der Waals surface area (Å²) < 4.78 is 6.15. The number of amides is 2. The molecule has 2 aliphatic rings. The van der Waals surface area contributed by atoms with E-state index in [-0.39, 0.29) is 18.0 Å². The van der Waals surface area contributed by atoms with Crippen LogP contribution in [0.5, 0.6) is 0 Å². The van der Waals surface area contributed by atoms with Crippen molar-refractivity contribution in [2.24, 2.45) is 0 Å². The average Bonchev–Trinajstić information content (AvgIpc) is 3.74. The van der Waals surface area contributed by atoms with E-state index in [1.54, 1.807) is 32.0 Å². The summed E-state index contributed by atoms with van der Waals surface area (Å²) in [5.41, 5.74) is 2.37. The molecule has 0 radical (unpaired) electrons. The molecular formula is C32H37N3O4. The Morgan fingerprint density at radius 3 is 2.36 bits per heavy atom. The number of hydrogen-bond acceptors (Lipinski definition) is 5. The van der Waals surface area contributed by atoms with E-state index < -0.39 is 16.6 Å². The Labute approximate surface area is 230 Å². The highest BCUT2D eigenvalue weighted by molar-refractivity contribution is 5.90. The van der Waals surface area contributed by atoms with Crippen LogP contribution in [0.3, 0.4) is 0 Å². The van der Waals surface area contributed by atoms with Crippen molar-refractivity contribution < 1.29 is 19.4 Å². The molecule has 0 bridgehead atoms. The second-order valence-corrected chi connectivity index (χ2v) is 11.5. The highest BCUT2D eigenvalue weighted by atomic mass is 16.6. The summed E-state index contributed by atoms with van der Waals surface area (Å²) >= 11 is 0. The third-order valence-corrected chi connectivity index (χ3v) is 8.15. The molecule has 1 saturated heterocycles. The van der Waals surface area contributed by atoms with Crippen molar-refractivity contribution in [2.45, 2.75) is 69.1 Å². The van der Waals surface area contributed by atoms with Crippen LogP contribution in [0.15, 0.2) is 72.9 Å². The first-order chi connectivity index (χ1) is 18.6. The van der Waals surface area contributed by atoms with Crippen LogP contribution in [0.4, 0.5) is 4.79 Å². The molecule has 2 aromatic carbocycles. The van der Waals surface area contributed by atoms with Crippen molar-refractivity contribution in [3.63, 3.8) is 0 Å². The number of hydrogen-bond donors (Lipinski definition) is 2. The van der Waals surface area contributed by atoms with Crippen LogP contribution < -0.4 is 5.32 Å². The zero-order valence-electron chi connectivity index (χ0n) is 23.1. The number of rotatable bonds is 8. The monoisotopic (exact) mass is 527 g/mol. The van der Waals surface area contributed by atoms with Crippen LogP contribution in [-0.4, -0.2) is 46.2 Å². The van der Waals surface area contributed by atoms with Crippen molar-refractivity contribution >= 4 is 12.0 Å². The Hall–Kier alpha value is -3.71. The predicted molar refractivity (Wildman–Crippen MR) is 150 cm³/mol. The molecule has 1 aliphatic carbocycles. The van der Waals surface area contributed by atoms with E-state index in [1.807, 2.05) is 73.7 Å². The van der Waals surface area contributed by atoms with Gasteiger partial charge in [-0.3, -0.25) is 9.78 Å². The SMILES string of the molecule is CNC(=O)C1(c2cc(-c3ccc(C(C)N4CCC(CC(C)(C)O)(c5ccccc5)OC4=O)cc3)ccn2)CC1. The van der Waals surface area contributed by atoms with Crippen molar-refractivity contribution in [1.29, 1.82) is 0 Å². The molecule has 2 heterocycles. The number of nitrogens with one attached hydrogen (secondary N) is 1. The van der Waals surface area contributed by atoms with Gasteiger partial charge in [-0.05, 0) is 68.0 Å². The molecule has 7 nitrogen and oxygen atoms in total. The van der Waals surface area contributed by atoms with Gasteiger partial charge in [0.05, 0.1) is 22.8 Å². The first kappa shape index (κ1) is 26.9. The largest absolute Gasteiger partial charge is 0.438 e. The number of benzene rings is 2. The van der Waals surface area contributed by atoms with E-state index in [0.29, 0.717) is 19.4 Å². The summed E-state index contributed by atoms with van der Waals surface area (Å²) in [6.45, 7) is 6.02. The summed E-state index contributed by atoms with van der Waals surface area (Å²) in [6, 6.07) is 21.7. The van der Waals surface area contributed by atoms with E-state index in [1.165, 1.54) is 0 Å². The quantitative estimate of drug-likeness (QED) is 0.404. The van der Waals surface area contributed by atoms with E-state index in [2.05, 4.69) is 10.3 Å². The van der Waals surface area contributed by atoms with Gasteiger partial charge in [0.25, 0.3) is 0 Å². The summed E-state index contributed by atoms with van der Waals surface area (Å²) in [5.74, 6) is 0.0172. The van der Waals surface area contributed by atoms with Gasteiger partial charge < -0.3 is 20.1 Å². The molecule has 0 spiro atoms. The molecule has 3 aromatic rings. The average molecular weight is 528 g/mol. The molecule has 2 atom stereocenters. The van der Waals surface area contributed by atoms with Crippen LogP contribution in [-0.2, 0) is 20.5 Å². The number of ether oxygens (including phenoxy) is 1. The van der Waals surface area contributed by atoms with Crippen molar-refractivity contribution in [1.82, 2.24) is 15.2 Å². The minimum Gasteiger partial charge on any atom is -0.438 e. The van der Waals surface area contributed by atoms with E-state index in [9.17, 15) is 14.7 Å². The van der Waals surface area contributed by atoms with Gasteiger partial charge in [0.15, 0.2) is 0 Å². The lowest BCUT2D eigenvalue weighted by Crippen LogP contribution is -2.51. The van der Waals surface area contributed by atoms with E-state index in [0.717, 1.165) is 40.8 Å². The molecule has 39 heavy (non-hydrogen) atoms. The zero-order valence-corrected chi connectivity index (χ0v) is 23.1. The van der Waals surface area contributed by atoms with Gasteiger partial charge in [0.2, 0.25) is 5.91 Å². The summed E-state index contributed by atoms with van der Waals surface area (Å²) in [7, 11) is 1.67. The Kier molecular flexibility index (Phi) is 6.97. The Bertz CT molecular complexity index is 1350. The summed E-state index contributed by atoms with van der Waals surface area (Å²) in [4.78, 5) is 32.1. The lowest BCUT2D eigenvalue weighted by Gasteiger charge is -2.45. The molecule has 204 valence electrons. The van der Waals surface area contributed by atoms with Gasteiger partial charge in [-0.1, -0.05) is 54.6 Å². The maximum atomic E-state index is 13.4. The minimum absolute atomic E-state index is 0.0172. The predicted octanol–water partition coefficient (Wildman–Crippen LogP) is 5.49. The smallest absolute Gasteiger partial charge is 0.411 e. The van der Waals surface area contributed by atoms with Gasteiger partial charge in [-0.25, -0.2) is 4.79 Å². The normalized spacial score (nSPS) is 21.2. The highest BCUT2D eigenvalue weighted by Crippen LogP contribution is 2.48. The lowest BCUT2D eigenvalue weighted by atomic mass is 9.80. The van der Waals surface area contributed by atoms with Gasteiger partial charge in [-0.2, -0.15) is 0 Å². The van der Waals surface area contributed by atoms with Crippen molar-refractivity contribution in [3.05, 3.63) is 89.7 Å². The van der Waals surface area contributed by atoms with Gasteiger partial charge >= 0.3 is 6.09 Å². The van der Waals surface area contributed by atoms with Crippen LogP contribution in [0.25, 0.3) is 11.1 Å². The fraction of sp³-hybridized carbons (Fsp3) is 0.406. The van der Waals surface area contributed by atoms with Gasteiger partial charge in [0, 0.05) is 32.6 Å². The standard InChI is InChI=1S/C32H37N3O4/c1-22(35-19-17-32(39-29(35)37,21-30(2,3)38)26-8-6-5-7-9-26)23-10-12-24(13-11-23)25-14-18-34-27(20-25)31(15-16-31)28(36)33-4/h5-14,18,20,22,38H,15-17,19,21H2,1-4H3,(H,33,36). The van der Waals surface area contributed by atoms with Crippen molar-refractivity contribution in [3.8, 4) is 11.1 Å². The topological polar surface area (TPSA) is 91.8 Å². The lowest BCUT2D eigenvalue weighted by molar-refractivity contribution is -0.123. The third kappa shape index (κ3) is 5.28. The maximum Gasteiger partial charge on any atom is 0.411 e. The molecule has 2 fully saturated rings. The second-order valence-electron chi connectivity index (χ2n) is 11.5. The third-order valence-electron chi connectivity index (χ3n) is 8.15. The molecule has 1 aromatic heterocycles. The zero-order chi connectivity index (χ0) is 27.8. The van der Waals surface area contributed by atoms with Gasteiger partial charge in [0.1, 0.15) is 5.60 Å². The molecular weight excluding hydrogens is 490 g/mol. The number of pyridine rings is 1. The molecule has 2 N–H and O–H groups in total. The minimum atomic E-state index is -0.994. The number of cyclic esters (lactones) is 1. The Morgan fingerprint density at radius 1 is 1.08 bits per heavy atom. The summed E-state index contributed by atoms with van der Waals surface area (Å²) in [6.07, 6.45) is 3.91. The first-order valence-electron chi connectivity index (χ1n) is 13.6. The summed E-state index contributed by atoms with van der Waals surface area (Å²) in [5, 5.41) is 13.4. The number of likely N-dealkylation sites (N-methyl/N-ethyl adjacent to an activating group) is 1. The van der Waals surface area contributed by atoms with E-state index >= 15 is 0 Å². The number of carbonyl (C=O) groups is 2. The van der Waals surface area contributed by atoms with Crippen LogP contribution >= 0.6 is 0 Å². The molecule has 2 unspecified atom stereocenters. The maximum absolute atomic E-state index is 13.4. The molecule has 7 heteroatoms. The molecule has 5 rings (SSSR count). The van der Waals surface area contributed by atoms with Gasteiger partial charge in [-0.15, -0.1) is 0 Å². The van der Waals surface area contributed by atoms with Crippen molar-refractivity contribution in [2.75, 3.05) is 13.6 Å². The number of nitrogens with zero attached hydrogens (tertiary/aromatic N) is 2.